The van der Waals surface area contributed by atoms with E-state index in [1.165, 1.54) is 12.1 Å². The van der Waals surface area contributed by atoms with E-state index in [2.05, 4.69) is 9.62 Å². The number of hydrogen-bond acceptors (Lipinski definition) is 4. The Labute approximate surface area is 153 Å². The van der Waals surface area contributed by atoms with Crippen LogP contribution < -0.4 is 4.72 Å². The van der Waals surface area contributed by atoms with E-state index in [4.69, 9.17) is 4.74 Å². The number of rotatable bonds is 7. The first-order valence-electron chi connectivity index (χ1n) is 8.63. The van der Waals surface area contributed by atoms with Crippen LogP contribution >= 0.6 is 0 Å². The molecule has 5 nitrogen and oxygen atoms in total. The number of nitrogens with one attached hydrogen (secondary N) is 1. The maximum Gasteiger partial charge on any atom is 0.215 e. The Bertz CT molecular complexity index is 815. The van der Waals surface area contributed by atoms with Gasteiger partial charge in [0.2, 0.25) is 10.0 Å². The summed E-state index contributed by atoms with van der Waals surface area (Å²) in [6, 6.07) is 15.9. The Balaban J connectivity index is 1.49. The second kappa shape index (κ2) is 8.73. The first kappa shape index (κ1) is 19.0. The molecule has 140 valence electrons. The van der Waals surface area contributed by atoms with Crippen molar-refractivity contribution < 1.29 is 17.5 Å². The lowest BCUT2D eigenvalue weighted by Gasteiger charge is -2.33. The molecule has 26 heavy (non-hydrogen) atoms. The first-order chi connectivity index (χ1) is 12.5. The molecule has 1 heterocycles. The Morgan fingerprint density at radius 3 is 2.62 bits per heavy atom. The van der Waals surface area contributed by atoms with E-state index in [-0.39, 0.29) is 24.0 Å². The van der Waals surface area contributed by atoms with Gasteiger partial charge in [0.15, 0.2) is 0 Å². The quantitative estimate of drug-likeness (QED) is 0.803. The average molecular weight is 378 g/mol. The van der Waals surface area contributed by atoms with Crippen LogP contribution in [0.4, 0.5) is 4.39 Å². The summed E-state index contributed by atoms with van der Waals surface area (Å²) < 4.78 is 46.3. The minimum Gasteiger partial charge on any atom is -0.371 e. The summed E-state index contributed by atoms with van der Waals surface area (Å²) in [5.41, 5.74) is 1.30. The highest BCUT2D eigenvalue weighted by Crippen LogP contribution is 2.21. The van der Waals surface area contributed by atoms with E-state index in [0.717, 1.165) is 18.7 Å². The van der Waals surface area contributed by atoms with Gasteiger partial charge in [-0.2, -0.15) is 0 Å². The minimum absolute atomic E-state index is 0.0000261. The number of morpholine rings is 1. The zero-order valence-electron chi connectivity index (χ0n) is 14.5. The Hall–Kier alpha value is -1.80. The lowest BCUT2D eigenvalue weighted by Crippen LogP contribution is -2.42. The van der Waals surface area contributed by atoms with Gasteiger partial charge in [0.1, 0.15) is 5.82 Å². The van der Waals surface area contributed by atoms with Gasteiger partial charge in [0.25, 0.3) is 0 Å². The third-order valence-electron chi connectivity index (χ3n) is 4.38. The lowest BCUT2D eigenvalue weighted by molar-refractivity contribution is -0.0291. The van der Waals surface area contributed by atoms with Crippen LogP contribution in [0.5, 0.6) is 0 Å². The Morgan fingerprint density at radius 2 is 1.85 bits per heavy atom. The van der Waals surface area contributed by atoms with Crippen molar-refractivity contribution in [2.45, 2.75) is 11.9 Å². The van der Waals surface area contributed by atoms with Crippen molar-refractivity contribution in [2.75, 3.05) is 32.8 Å². The van der Waals surface area contributed by atoms with Crippen LogP contribution in [0.25, 0.3) is 0 Å². The molecule has 0 aliphatic carbocycles. The predicted octanol–water partition coefficient (Wildman–Crippen LogP) is 2.32. The van der Waals surface area contributed by atoms with Crippen molar-refractivity contribution in [2.24, 2.45) is 0 Å². The van der Waals surface area contributed by atoms with Gasteiger partial charge in [-0.05, 0) is 11.6 Å². The molecule has 1 saturated heterocycles. The monoisotopic (exact) mass is 378 g/mol. The standard InChI is InChI=1S/C19H23FN2O3S/c20-18-9-5-4-8-17(18)15-26(23,24)21-10-11-22-12-13-25-19(14-22)16-6-2-1-3-7-16/h1-9,19,21H,10-15H2. The molecule has 0 radical (unpaired) electrons. The molecule has 0 aromatic heterocycles. The summed E-state index contributed by atoms with van der Waals surface area (Å²) >= 11 is 0. The molecule has 0 spiro atoms. The summed E-state index contributed by atoms with van der Waals surface area (Å²) in [6.07, 6.45) is -0.0000261. The van der Waals surface area contributed by atoms with Crippen molar-refractivity contribution in [1.29, 1.82) is 0 Å². The topological polar surface area (TPSA) is 58.6 Å². The van der Waals surface area contributed by atoms with Gasteiger partial charge < -0.3 is 4.74 Å². The molecule has 2 aromatic carbocycles. The fraction of sp³-hybridized carbons (Fsp3) is 0.368. The summed E-state index contributed by atoms with van der Waals surface area (Å²) in [5, 5.41) is 0. The van der Waals surface area contributed by atoms with Gasteiger partial charge in [-0.15, -0.1) is 0 Å². The maximum absolute atomic E-state index is 13.6. The molecule has 0 bridgehead atoms. The van der Waals surface area contributed by atoms with Crippen molar-refractivity contribution in [1.82, 2.24) is 9.62 Å². The molecular formula is C19H23FN2O3S. The molecule has 7 heteroatoms. The van der Waals surface area contributed by atoms with Gasteiger partial charge in [0.05, 0.1) is 18.5 Å². The third kappa shape index (κ3) is 5.35. The number of sulfonamides is 1. The molecule has 1 N–H and O–H groups in total. The summed E-state index contributed by atoms with van der Waals surface area (Å²) in [7, 11) is -3.57. The normalized spacial score (nSPS) is 18.7. The van der Waals surface area contributed by atoms with Crippen molar-refractivity contribution in [3.63, 3.8) is 0 Å². The fourth-order valence-electron chi connectivity index (χ4n) is 3.01. The molecular weight excluding hydrogens is 355 g/mol. The van der Waals surface area contributed by atoms with Gasteiger partial charge in [0, 0.05) is 31.7 Å². The molecule has 1 fully saturated rings. The van der Waals surface area contributed by atoms with Gasteiger partial charge in [-0.25, -0.2) is 17.5 Å². The molecule has 1 unspecified atom stereocenters. The third-order valence-corrected chi connectivity index (χ3v) is 5.71. The van der Waals surface area contributed by atoms with Crippen LogP contribution in [0.15, 0.2) is 54.6 Å². The molecule has 3 rings (SSSR count). The van der Waals surface area contributed by atoms with E-state index in [0.29, 0.717) is 13.2 Å². The van der Waals surface area contributed by atoms with Crippen molar-refractivity contribution in [3.8, 4) is 0 Å². The SMILES string of the molecule is O=S(=O)(Cc1ccccc1F)NCCN1CCOC(c2ccccc2)C1. The van der Waals surface area contributed by atoms with E-state index < -0.39 is 15.8 Å². The highest BCUT2D eigenvalue weighted by molar-refractivity contribution is 7.88. The second-order valence-corrected chi connectivity index (χ2v) is 8.12. The average Bonchev–Trinajstić information content (AvgIpc) is 2.64. The van der Waals surface area contributed by atoms with Gasteiger partial charge in [-0.3, -0.25) is 4.90 Å². The van der Waals surface area contributed by atoms with Gasteiger partial charge >= 0.3 is 0 Å². The van der Waals surface area contributed by atoms with Crippen molar-refractivity contribution in [3.05, 3.63) is 71.5 Å². The van der Waals surface area contributed by atoms with Crippen LogP contribution in [-0.2, 0) is 20.5 Å². The zero-order chi connectivity index (χ0) is 18.4. The molecule has 1 aliphatic heterocycles. The number of nitrogens with zero attached hydrogens (tertiary/aromatic N) is 1. The number of benzene rings is 2. The Kier molecular flexibility index (Phi) is 6.37. The highest BCUT2D eigenvalue weighted by Gasteiger charge is 2.22. The summed E-state index contributed by atoms with van der Waals surface area (Å²) in [5.74, 6) is -0.855. The molecule has 2 aromatic rings. The predicted molar refractivity (Wildman–Crippen MR) is 98.6 cm³/mol. The molecule has 1 aliphatic rings. The van der Waals surface area contributed by atoms with Crippen molar-refractivity contribution >= 4 is 10.0 Å². The highest BCUT2D eigenvalue weighted by atomic mass is 32.2. The molecule has 0 saturated carbocycles. The number of halogens is 1. The van der Waals surface area contributed by atoms with Crippen LogP contribution in [0.2, 0.25) is 0 Å². The summed E-state index contributed by atoms with van der Waals surface area (Å²) in [6.45, 7) is 2.97. The van der Waals surface area contributed by atoms with E-state index in [1.807, 2.05) is 30.3 Å². The minimum atomic E-state index is -3.57. The maximum atomic E-state index is 13.6. The second-order valence-electron chi connectivity index (χ2n) is 6.32. The Morgan fingerprint density at radius 1 is 1.12 bits per heavy atom. The van der Waals surface area contributed by atoms with Crippen LogP contribution in [-0.4, -0.2) is 46.1 Å². The van der Waals surface area contributed by atoms with Crippen LogP contribution in [0.1, 0.15) is 17.2 Å². The lowest BCUT2D eigenvalue weighted by atomic mass is 10.1. The fourth-order valence-corrected chi connectivity index (χ4v) is 4.15. The van der Waals surface area contributed by atoms with E-state index in [1.54, 1.807) is 12.1 Å². The first-order valence-corrected chi connectivity index (χ1v) is 10.3. The van der Waals surface area contributed by atoms with Crippen LogP contribution in [0.3, 0.4) is 0 Å². The number of hydrogen-bond donors (Lipinski definition) is 1. The smallest absolute Gasteiger partial charge is 0.215 e. The van der Waals surface area contributed by atoms with E-state index >= 15 is 0 Å². The van der Waals surface area contributed by atoms with E-state index in [9.17, 15) is 12.8 Å². The van der Waals surface area contributed by atoms with Gasteiger partial charge in [-0.1, -0.05) is 48.5 Å². The number of ether oxygens (including phenoxy) is 1. The largest absolute Gasteiger partial charge is 0.371 e. The van der Waals surface area contributed by atoms with Crippen LogP contribution in [0, 0.1) is 5.82 Å². The summed E-state index contributed by atoms with van der Waals surface area (Å²) in [4.78, 5) is 2.17. The molecule has 0 amide bonds. The zero-order valence-corrected chi connectivity index (χ0v) is 15.3. The molecule has 1 atom stereocenters.